The lowest BCUT2D eigenvalue weighted by Crippen LogP contribution is -1.95. The lowest BCUT2D eigenvalue weighted by Gasteiger charge is -1.98. The van der Waals surface area contributed by atoms with Crippen LogP contribution in [0.1, 0.15) is 12.1 Å². The van der Waals surface area contributed by atoms with Gasteiger partial charge in [0.25, 0.3) is 0 Å². The molecule has 1 heterocycles. The van der Waals surface area contributed by atoms with Gasteiger partial charge in [0.15, 0.2) is 0 Å². The second-order valence-electron chi connectivity index (χ2n) is 2.16. The van der Waals surface area contributed by atoms with E-state index in [0.717, 1.165) is 12.1 Å². The normalized spacial score (nSPS) is 9.42. The quantitative estimate of drug-likeness (QED) is 0.597. The zero-order valence-corrected chi connectivity index (χ0v) is 8.20. The van der Waals surface area contributed by atoms with Gasteiger partial charge in [-0.05, 0) is 6.42 Å². The maximum absolute atomic E-state index is 5.46. The molecule has 0 fully saturated rings. The van der Waals surface area contributed by atoms with E-state index in [1.807, 2.05) is 6.20 Å². The molecule has 1 aromatic rings. The summed E-state index contributed by atoms with van der Waals surface area (Å²) in [6, 6.07) is 0. The van der Waals surface area contributed by atoms with Crippen molar-refractivity contribution in [1.29, 1.82) is 0 Å². The van der Waals surface area contributed by atoms with Gasteiger partial charge in [0.05, 0.1) is 18.6 Å². The first-order valence-corrected chi connectivity index (χ1v) is 4.08. The smallest absolute Gasteiger partial charge is 0.0924 e. The van der Waals surface area contributed by atoms with Crippen LogP contribution in [0, 0.1) is 0 Å². The van der Waals surface area contributed by atoms with Gasteiger partial charge in [-0.25, -0.2) is 4.98 Å². The van der Waals surface area contributed by atoms with Crippen LogP contribution in [-0.4, -0.2) is 22.5 Å². The third-order valence-electron chi connectivity index (χ3n) is 1.23. The standard InChI is InChI=1S/C7H11ClN2O.ClH/c8-2-1-3-11-5-7-4-9-6-10-7;/h4,6H,1-3,5H2,(H,9,10);1H. The van der Waals surface area contributed by atoms with Gasteiger partial charge in [-0.2, -0.15) is 0 Å². The van der Waals surface area contributed by atoms with Crippen LogP contribution in [0.3, 0.4) is 0 Å². The monoisotopic (exact) mass is 210 g/mol. The van der Waals surface area contributed by atoms with E-state index < -0.39 is 0 Å². The highest BCUT2D eigenvalue weighted by molar-refractivity contribution is 6.17. The number of aromatic amines is 1. The Bertz CT molecular complexity index is 180. The van der Waals surface area contributed by atoms with Crippen LogP contribution in [0.2, 0.25) is 0 Å². The van der Waals surface area contributed by atoms with E-state index in [-0.39, 0.29) is 12.4 Å². The summed E-state index contributed by atoms with van der Waals surface area (Å²) in [5, 5.41) is 0. The van der Waals surface area contributed by atoms with E-state index in [2.05, 4.69) is 9.97 Å². The first kappa shape index (κ1) is 11.8. The average Bonchev–Trinajstić information content (AvgIpc) is 2.50. The molecule has 0 amide bonds. The zero-order valence-electron chi connectivity index (χ0n) is 6.62. The zero-order chi connectivity index (χ0) is 7.94. The SMILES string of the molecule is Cl.ClCCCOCc1c[nH]cn1. The van der Waals surface area contributed by atoms with Crippen molar-refractivity contribution >= 4 is 24.0 Å². The molecule has 3 nitrogen and oxygen atoms in total. The Balaban J connectivity index is 0.00000121. The number of nitrogens with zero attached hydrogens (tertiary/aromatic N) is 1. The van der Waals surface area contributed by atoms with E-state index >= 15 is 0 Å². The van der Waals surface area contributed by atoms with Crippen LogP contribution in [-0.2, 0) is 11.3 Å². The Hall–Kier alpha value is -0.250. The van der Waals surface area contributed by atoms with Crippen LogP contribution in [0.25, 0.3) is 0 Å². The molecular formula is C7H12Cl2N2O. The fourth-order valence-corrected chi connectivity index (χ4v) is 0.812. The molecule has 1 rings (SSSR count). The number of rotatable bonds is 5. The van der Waals surface area contributed by atoms with Gasteiger partial charge in [-0.3, -0.25) is 0 Å². The molecule has 70 valence electrons. The minimum Gasteiger partial charge on any atom is -0.375 e. The van der Waals surface area contributed by atoms with Crippen molar-refractivity contribution in [2.45, 2.75) is 13.0 Å². The maximum Gasteiger partial charge on any atom is 0.0924 e. The summed E-state index contributed by atoms with van der Waals surface area (Å²) in [7, 11) is 0. The fourth-order valence-electron chi connectivity index (χ4n) is 0.703. The number of alkyl halides is 1. The lowest BCUT2D eigenvalue weighted by molar-refractivity contribution is 0.119. The number of hydrogen-bond donors (Lipinski definition) is 1. The van der Waals surface area contributed by atoms with Crippen LogP contribution in [0.4, 0.5) is 0 Å². The first-order valence-electron chi connectivity index (χ1n) is 3.55. The molecule has 1 N–H and O–H groups in total. The number of nitrogens with one attached hydrogen (secondary N) is 1. The van der Waals surface area contributed by atoms with Gasteiger partial charge in [0, 0.05) is 18.7 Å². The molecule has 1 aromatic heterocycles. The third-order valence-corrected chi connectivity index (χ3v) is 1.49. The summed E-state index contributed by atoms with van der Waals surface area (Å²) in [6.07, 6.45) is 4.35. The van der Waals surface area contributed by atoms with Crippen molar-refractivity contribution in [3.8, 4) is 0 Å². The van der Waals surface area contributed by atoms with Gasteiger partial charge in [0.2, 0.25) is 0 Å². The Kier molecular flexibility index (Phi) is 7.25. The van der Waals surface area contributed by atoms with Crippen LogP contribution in [0.15, 0.2) is 12.5 Å². The summed E-state index contributed by atoms with van der Waals surface area (Å²) in [5.74, 6) is 0.653. The molecular weight excluding hydrogens is 199 g/mol. The molecule has 0 aromatic carbocycles. The number of H-pyrrole nitrogens is 1. The number of imidazole rings is 1. The molecule has 0 saturated heterocycles. The molecule has 0 radical (unpaired) electrons. The third kappa shape index (κ3) is 4.59. The van der Waals surface area contributed by atoms with Crippen LogP contribution >= 0.6 is 24.0 Å². The minimum absolute atomic E-state index is 0. The topological polar surface area (TPSA) is 37.9 Å². The molecule has 0 unspecified atom stereocenters. The Morgan fingerprint density at radius 1 is 1.58 bits per heavy atom. The molecule has 0 saturated carbocycles. The van der Waals surface area contributed by atoms with Crippen molar-refractivity contribution in [2.24, 2.45) is 0 Å². The molecule has 0 aliphatic rings. The highest BCUT2D eigenvalue weighted by Crippen LogP contribution is 1.95. The Labute approximate surface area is 82.9 Å². The molecule has 0 spiro atoms. The van der Waals surface area contributed by atoms with Crippen molar-refractivity contribution in [1.82, 2.24) is 9.97 Å². The van der Waals surface area contributed by atoms with Gasteiger partial charge in [-0.15, -0.1) is 24.0 Å². The summed E-state index contributed by atoms with van der Waals surface area (Å²) >= 11 is 5.46. The van der Waals surface area contributed by atoms with E-state index in [1.54, 1.807) is 6.33 Å². The van der Waals surface area contributed by atoms with Crippen LogP contribution in [0.5, 0.6) is 0 Å². The highest BCUT2D eigenvalue weighted by atomic mass is 35.5. The second-order valence-corrected chi connectivity index (χ2v) is 2.53. The molecule has 0 atom stereocenters. The predicted molar refractivity (Wildman–Crippen MR) is 50.8 cm³/mol. The van der Waals surface area contributed by atoms with E-state index in [4.69, 9.17) is 16.3 Å². The van der Waals surface area contributed by atoms with E-state index in [9.17, 15) is 0 Å². The van der Waals surface area contributed by atoms with Gasteiger partial charge in [-0.1, -0.05) is 0 Å². The fraction of sp³-hybridized carbons (Fsp3) is 0.571. The summed E-state index contributed by atoms with van der Waals surface area (Å²) < 4.78 is 5.25. The summed E-state index contributed by atoms with van der Waals surface area (Å²) in [4.78, 5) is 6.85. The largest absolute Gasteiger partial charge is 0.375 e. The lowest BCUT2D eigenvalue weighted by atomic mass is 10.5. The summed E-state index contributed by atoms with van der Waals surface area (Å²) in [5.41, 5.74) is 0.930. The minimum atomic E-state index is 0. The Morgan fingerprint density at radius 2 is 2.42 bits per heavy atom. The van der Waals surface area contributed by atoms with Crippen LogP contribution < -0.4 is 0 Å². The Morgan fingerprint density at radius 3 is 3.00 bits per heavy atom. The molecule has 5 heteroatoms. The molecule has 12 heavy (non-hydrogen) atoms. The molecule has 0 aliphatic carbocycles. The van der Waals surface area contributed by atoms with E-state index in [0.29, 0.717) is 19.1 Å². The van der Waals surface area contributed by atoms with Gasteiger partial charge >= 0.3 is 0 Å². The second kappa shape index (κ2) is 7.40. The molecule has 0 aliphatic heterocycles. The van der Waals surface area contributed by atoms with Gasteiger partial charge < -0.3 is 9.72 Å². The number of hydrogen-bond acceptors (Lipinski definition) is 2. The predicted octanol–water partition coefficient (Wildman–Crippen LogP) is 1.98. The van der Waals surface area contributed by atoms with E-state index in [1.165, 1.54) is 0 Å². The number of ether oxygens (including phenoxy) is 1. The highest BCUT2D eigenvalue weighted by Gasteiger charge is 1.92. The average molecular weight is 211 g/mol. The van der Waals surface area contributed by atoms with Crippen molar-refractivity contribution in [2.75, 3.05) is 12.5 Å². The van der Waals surface area contributed by atoms with Crippen molar-refractivity contribution in [3.05, 3.63) is 18.2 Å². The van der Waals surface area contributed by atoms with Gasteiger partial charge in [0.1, 0.15) is 0 Å². The van der Waals surface area contributed by atoms with Crippen molar-refractivity contribution in [3.63, 3.8) is 0 Å². The maximum atomic E-state index is 5.46. The first-order chi connectivity index (χ1) is 5.43. The molecule has 0 bridgehead atoms. The summed E-state index contributed by atoms with van der Waals surface area (Å²) in [6.45, 7) is 1.27. The number of halogens is 2. The number of aromatic nitrogens is 2. The van der Waals surface area contributed by atoms with Crippen molar-refractivity contribution < 1.29 is 4.74 Å².